The summed E-state index contributed by atoms with van der Waals surface area (Å²) in [5, 5.41) is 2.56. The first-order chi connectivity index (χ1) is 24.3. The summed E-state index contributed by atoms with van der Waals surface area (Å²) < 4.78 is 2.57. The summed E-state index contributed by atoms with van der Waals surface area (Å²) in [5.74, 6) is 1.92. The minimum absolute atomic E-state index is 0.636. The lowest BCUT2D eigenvalue weighted by Gasteiger charge is -2.13. The highest BCUT2D eigenvalue weighted by Gasteiger charge is 2.17. The second-order valence-electron chi connectivity index (χ2n) is 12.1. The van der Waals surface area contributed by atoms with Crippen molar-refractivity contribution in [1.82, 2.24) is 15.0 Å². The van der Waals surface area contributed by atoms with Crippen LogP contribution >= 0.6 is 11.3 Å². The Labute approximate surface area is 288 Å². The highest BCUT2D eigenvalue weighted by atomic mass is 32.1. The number of thiophene rings is 1. The Morgan fingerprint density at radius 3 is 1.51 bits per heavy atom. The molecule has 0 aliphatic rings. The van der Waals surface area contributed by atoms with Gasteiger partial charge in [-0.25, -0.2) is 15.0 Å². The molecule has 7 aromatic carbocycles. The van der Waals surface area contributed by atoms with Crippen LogP contribution in [-0.2, 0) is 0 Å². The van der Waals surface area contributed by atoms with Crippen molar-refractivity contribution in [2.75, 3.05) is 0 Å². The predicted molar refractivity (Wildman–Crippen MR) is 205 cm³/mol. The van der Waals surface area contributed by atoms with Crippen molar-refractivity contribution in [3.05, 3.63) is 176 Å². The Morgan fingerprint density at radius 1 is 0.306 bits per heavy atom. The molecule has 9 aromatic rings. The number of rotatable bonds is 6. The first-order valence-corrected chi connectivity index (χ1v) is 17.2. The minimum atomic E-state index is 0.636. The van der Waals surface area contributed by atoms with Gasteiger partial charge in [-0.05, 0) is 63.7 Å². The minimum Gasteiger partial charge on any atom is -0.208 e. The molecule has 0 saturated carbocycles. The van der Waals surface area contributed by atoms with E-state index in [1.807, 2.05) is 35.6 Å². The van der Waals surface area contributed by atoms with Crippen molar-refractivity contribution in [1.29, 1.82) is 0 Å². The van der Waals surface area contributed by atoms with Crippen LogP contribution in [0.1, 0.15) is 0 Å². The number of hydrogen-bond acceptors (Lipinski definition) is 4. The molecule has 0 N–H and O–H groups in total. The van der Waals surface area contributed by atoms with Crippen LogP contribution in [0, 0.1) is 0 Å². The Kier molecular flexibility index (Phi) is 7.34. The van der Waals surface area contributed by atoms with Crippen LogP contribution in [0.5, 0.6) is 0 Å². The van der Waals surface area contributed by atoms with Gasteiger partial charge < -0.3 is 0 Å². The van der Waals surface area contributed by atoms with Gasteiger partial charge in [-0.1, -0.05) is 146 Å². The lowest BCUT2D eigenvalue weighted by atomic mass is 9.95. The van der Waals surface area contributed by atoms with Gasteiger partial charge in [0.25, 0.3) is 0 Å². The van der Waals surface area contributed by atoms with Crippen molar-refractivity contribution in [3.63, 3.8) is 0 Å². The lowest BCUT2D eigenvalue weighted by Crippen LogP contribution is -2.00. The van der Waals surface area contributed by atoms with E-state index in [0.29, 0.717) is 17.5 Å². The van der Waals surface area contributed by atoms with Crippen LogP contribution in [0.3, 0.4) is 0 Å². The zero-order valence-electron chi connectivity index (χ0n) is 26.5. The summed E-state index contributed by atoms with van der Waals surface area (Å²) >= 11 is 1.84. The molecular formula is C45H29N3S. The molecule has 49 heavy (non-hydrogen) atoms. The van der Waals surface area contributed by atoms with Crippen LogP contribution < -0.4 is 0 Å². The molecule has 0 amide bonds. The smallest absolute Gasteiger partial charge is 0.164 e. The summed E-state index contributed by atoms with van der Waals surface area (Å²) in [6.07, 6.45) is 0. The largest absolute Gasteiger partial charge is 0.208 e. The van der Waals surface area contributed by atoms with Crippen LogP contribution in [0.2, 0.25) is 0 Å². The fourth-order valence-electron chi connectivity index (χ4n) is 6.50. The topological polar surface area (TPSA) is 38.7 Å². The van der Waals surface area contributed by atoms with Gasteiger partial charge in [0.15, 0.2) is 17.5 Å². The molecule has 0 spiro atoms. The van der Waals surface area contributed by atoms with E-state index in [2.05, 4.69) is 152 Å². The molecule has 0 aliphatic heterocycles. The van der Waals surface area contributed by atoms with E-state index in [1.165, 1.54) is 25.7 Å². The van der Waals surface area contributed by atoms with E-state index in [4.69, 9.17) is 15.0 Å². The normalized spacial score (nSPS) is 11.3. The van der Waals surface area contributed by atoms with Crippen LogP contribution in [0.15, 0.2) is 176 Å². The molecule has 0 aliphatic carbocycles. The molecule has 0 unspecified atom stereocenters. The maximum atomic E-state index is 5.18. The monoisotopic (exact) mass is 643 g/mol. The van der Waals surface area contributed by atoms with E-state index in [1.54, 1.807) is 0 Å². The van der Waals surface area contributed by atoms with Crippen molar-refractivity contribution in [2.45, 2.75) is 0 Å². The fourth-order valence-corrected chi connectivity index (χ4v) is 7.74. The molecule has 3 nitrogen and oxygen atoms in total. The molecule has 0 saturated heterocycles. The zero-order chi connectivity index (χ0) is 32.6. The summed E-state index contributed by atoms with van der Waals surface area (Å²) in [7, 11) is 0. The SMILES string of the molecule is c1ccc(-c2cccc(-c3nc(-c4ccccc4)nc(-c4cc(-c5ccccc5)cc(-c5cccc6c5sc5ccccc56)c4)n3)c2)cc1. The number of fused-ring (bicyclic) bond motifs is 3. The van der Waals surface area contributed by atoms with Gasteiger partial charge in [0.1, 0.15) is 0 Å². The Balaban J connectivity index is 1.27. The number of benzene rings is 7. The second-order valence-corrected chi connectivity index (χ2v) is 13.1. The molecule has 2 aromatic heterocycles. The zero-order valence-corrected chi connectivity index (χ0v) is 27.3. The summed E-state index contributed by atoms with van der Waals surface area (Å²) in [6, 6.07) is 61.6. The fraction of sp³-hybridized carbons (Fsp3) is 0. The summed E-state index contributed by atoms with van der Waals surface area (Å²) in [4.78, 5) is 15.3. The highest BCUT2D eigenvalue weighted by Crippen LogP contribution is 2.42. The number of hydrogen-bond donors (Lipinski definition) is 0. The maximum Gasteiger partial charge on any atom is 0.164 e. The molecule has 0 bridgehead atoms. The average Bonchev–Trinajstić information content (AvgIpc) is 3.58. The van der Waals surface area contributed by atoms with E-state index in [-0.39, 0.29) is 0 Å². The number of nitrogens with zero attached hydrogens (tertiary/aromatic N) is 3. The Bertz CT molecular complexity index is 2590. The molecule has 0 radical (unpaired) electrons. The third-order valence-electron chi connectivity index (χ3n) is 8.91. The molecule has 4 heteroatoms. The van der Waals surface area contributed by atoms with E-state index in [9.17, 15) is 0 Å². The standard InChI is InChI=1S/C45H29N3S/c1-4-14-30(15-5-1)33-20-12-21-34(26-33)44-46-43(32-18-8-3-9-19-32)47-45(48-44)37-28-35(31-16-6-2-7-17-31)27-36(29-37)38-23-13-24-40-39-22-10-11-25-41(39)49-42(38)40/h1-29H. The predicted octanol–water partition coefficient (Wildman–Crippen LogP) is 12.2. The van der Waals surface area contributed by atoms with Gasteiger partial charge in [0.05, 0.1) is 0 Å². The van der Waals surface area contributed by atoms with Crippen molar-refractivity contribution >= 4 is 31.5 Å². The third-order valence-corrected chi connectivity index (χ3v) is 10.1. The van der Waals surface area contributed by atoms with Gasteiger partial charge in [-0.2, -0.15) is 0 Å². The van der Waals surface area contributed by atoms with Gasteiger partial charge in [0.2, 0.25) is 0 Å². The Hall–Kier alpha value is -6.23. The van der Waals surface area contributed by atoms with Crippen molar-refractivity contribution in [3.8, 4) is 67.5 Å². The van der Waals surface area contributed by atoms with E-state index < -0.39 is 0 Å². The molecular weight excluding hydrogens is 615 g/mol. The molecule has 0 fully saturated rings. The lowest BCUT2D eigenvalue weighted by molar-refractivity contribution is 1.07. The van der Waals surface area contributed by atoms with Crippen molar-refractivity contribution in [2.24, 2.45) is 0 Å². The molecule has 2 heterocycles. The van der Waals surface area contributed by atoms with Crippen LogP contribution in [0.25, 0.3) is 87.7 Å². The van der Waals surface area contributed by atoms with Gasteiger partial charge in [-0.3, -0.25) is 0 Å². The summed E-state index contributed by atoms with van der Waals surface area (Å²) in [6.45, 7) is 0. The molecule has 230 valence electrons. The van der Waals surface area contributed by atoms with E-state index in [0.717, 1.165) is 44.5 Å². The molecule has 0 atom stereocenters. The van der Waals surface area contributed by atoms with Crippen LogP contribution in [0.4, 0.5) is 0 Å². The number of aromatic nitrogens is 3. The maximum absolute atomic E-state index is 5.18. The van der Waals surface area contributed by atoms with Crippen LogP contribution in [-0.4, -0.2) is 15.0 Å². The van der Waals surface area contributed by atoms with Gasteiger partial charge in [-0.15, -0.1) is 11.3 Å². The van der Waals surface area contributed by atoms with Gasteiger partial charge in [0, 0.05) is 36.9 Å². The van der Waals surface area contributed by atoms with E-state index >= 15 is 0 Å². The quantitative estimate of drug-likeness (QED) is 0.181. The summed E-state index contributed by atoms with van der Waals surface area (Å²) in [5.41, 5.74) is 9.67. The second kappa shape index (κ2) is 12.4. The highest BCUT2D eigenvalue weighted by molar-refractivity contribution is 7.26. The first kappa shape index (κ1) is 29.0. The third kappa shape index (κ3) is 5.58. The average molecular weight is 644 g/mol. The van der Waals surface area contributed by atoms with Crippen molar-refractivity contribution < 1.29 is 0 Å². The Morgan fingerprint density at radius 2 is 0.776 bits per heavy atom. The van der Waals surface area contributed by atoms with Gasteiger partial charge >= 0.3 is 0 Å². The molecule has 9 rings (SSSR count). The first-order valence-electron chi connectivity index (χ1n) is 16.4.